The van der Waals surface area contributed by atoms with Gasteiger partial charge in [-0.2, -0.15) is 0 Å². The van der Waals surface area contributed by atoms with Crippen molar-refractivity contribution in [1.29, 1.82) is 0 Å². The number of rotatable bonds is 4. The predicted molar refractivity (Wildman–Crippen MR) is 71.4 cm³/mol. The van der Waals surface area contributed by atoms with Crippen LogP contribution in [0.25, 0.3) is 0 Å². The molecule has 0 aliphatic carbocycles. The highest BCUT2D eigenvalue weighted by atomic mass is 16.2. The third-order valence-corrected chi connectivity index (χ3v) is 2.44. The van der Waals surface area contributed by atoms with Crippen LogP contribution in [0.5, 0.6) is 0 Å². The molecule has 1 rings (SSSR count). The van der Waals surface area contributed by atoms with Crippen LogP contribution in [0.15, 0.2) is 24.3 Å². The molecule has 0 aliphatic heterocycles. The number of amides is 3. The van der Waals surface area contributed by atoms with E-state index >= 15 is 0 Å². The minimum Gasteiger partial charge on any atom is -0.341 e. The first-order valence-electron chi connectivity index (χ1n) is 5.66. The number of carbonyl (C=O) groups excluding carboxylic acids is 2. The lowest BCUT2D eigenvalue weighted by atomic mass is 10.1. The molecule has 98 valence electrons. The third-order valence-electron chi connectivity index (χ3n) is 2.44. The number of carbonyl (C=O) groups is 2. The van der Waals surface area contributed by atoms with Gasteiger partial charge in [0.05, 0.1) is 0 Å². The van der Waals surface area contributed by atoms with Crippen molar-refractivity contribution < 1.29 is 9.59 Å². The van der Waals surface area contributed by atoms with E-state index in [-0.39, 0.29) is 17.9 Å². The predicted octanol–water partition coefficient (Wildman–Crippen LogP) is 0.971. The molecule has 1 aromatic carbocycles. The fraction of sp³-hybridized carbons (Fsp3) is 0.333. The molecule has 0 saturated heterocycles. The minimum atomic E-state index is -0.288. The maximum absolute atomic E-state index is 11.6. The van der Waals surface area contributed by atoms with Crippen LogP contribution in [0.3, 0.4) is 0 Å². The van der Waals surface area contributed by atoms with E-state index in [1.807, 2.05) is 0 Å². The van der Waals surface area contributed by atoms with Crippen LogP contribution in [0, 0.1) is 5.92 Å². The lowest BCUT2D eigenvalue weighted by molar-refractivity contribution is -0.119. The summed E-state index contributed by atoms with van der Waals surface area (Å²) in [5.41, 5.74) is 6.73. The largest absolute Gasteiger partial charge is 0.341 e. The Morgan fingerprint density at radius 1 is 1.17 bits per heavy atom. The zero-order valence-corrected chi connectivity index (χ0v) is 10.5. The van der Waals surface area contributed by atoms with Gasteiger partial charge < -0.3 is 21.7 Å². The molecule has 18 heavy (non-hydrogen) atoms. The van der Waals surface area contributed by atoms with Gasteiger partial charge in [0.1, 0.15) is 0 Å². The highest BCUT2D eigenvalue weighted by molar-refractivity contribution is 5.93. The lowest BCUT2D eigenvalue weighted by Gasteiger charge is -2.10. The van der Waals surface area contributed by atoms with E-state index < -0.39 is 0 Å². The molecule has 1 atom stereocenters. The van der Waals surface area contributed by atoms with Gasteiger partial charge in [-0.1, -0.05) is 6.92 Å². The molecule has 6 nitrogen and oxygen atoms in total. The molecule has 0 heterocycles. The summed E-state index contributed by atoms with van der Waals surface area (Å²) in [5, 5.41) is 7.81. The number of urea groups is 1. The van der Waals surface area contributed by atoms with Crippen molar-refractivity contribution in [3.05, 3.63) is 24.3 Å². The van der Waals surface area contributed by atoms with E-state index in [0.29, 0.717) is 17.9 Å². The normalized spacial score (nSPS) is 11.5. The molecule has 1 unspecified atom stereocenters. The number of nitrogens with one attached hydrogen (secondary N) is 3. The number of benzene rings is 1. The van der Waals surface area contributed by atoms with Crippen LogP contribution >= 0.6 is 0 Å². The van der Waals surface area contributed by atoms with Crippen molar-refractivity contribution in [2.45, 2.75) is 6.92 Å². The first-order chi connectivity index (χ1) is 8.56. The van der Waals surface area contributed by atoms with Gasteiger partial charge in [-0.05, 0) is 24.3 Å². The number of nitrogens with two attached hydrogens (primary N) is 1. The molecular weight excluding hydrogens is 232 g/mol. The van der Waals surface area contributed by atoms with E-state index in [9.17, 15) is 9.59 Å². The Bertz CT molecular complexity index is 417. The molecule has 0 aliphatic rings. The second-order valence-electron chi connectivity index (χ2n) is 3.91. The highest BCUT2D eigenvalue weighted by Gasteiger charge is 2.10. The SMILES string of the molecule is CNC(=O)Nc1ccc(NC(=O)C(C)CN)cc1. The van der Waals surface area contributed by atoms with Crippen LogP contribution in [0.4, 0.5) is 16.2 Å². The van der Waals surface area contributed by atoms with Crippen molar-refractivity contribution in [2.24, 2.45) is 11.7 Å². The fourth-order valence-corrected chi connectivity index (χ4v) is 1.20. The molecule has 5 N–H and O–H groups in total. The summed E-state index contributed by atoms with van der Waals surface area (Å²) in [4.78, 5) is 22.6. The molecule has 0 bridgehead atoms. The molecular formula is C12H18N4O2. The van der Waals surface area contributed by atoms with E-state index in [2.05, 4.69) is 16.0 Å². The van der Waals surface area contributed by atoms with Crippen LogP contribution in [-0.4, -0.2) is 25.5 Å². The Balaban J connectivity index is 2.60. The lowest BCUT2D eigenvalue weighted by Crippen LogP contribution is -2.26. The Labute approximate surface area is 106 Å². The molecule has 0 spiro atoms. The van der Waals surface area contributed by atoms with Crippen LogP contribution in [0.1, 0.15) is 6.92 Å². The van der Waals surface area contributed by atoms with Gasteiger partial charge in [-0.3, -0.25) is 4.79 Å². The summed E-state index contributed by atoms with van der Waals surface area (Å²) in [5.74, 6) is -0.349. The fourth-order valence-electron chi connectivity index (χ4n) is 1.20. The molecule has 0 saturated carbocycles. The van der Waals surface area contributed by atoms with Crippen molar-refractivity contribution in [3.63, 3.8) is 0 Å². The average molecular weight is 250 g/mol. The smallest absolute Gasteiger partial charge is 0.318 e. The quantitative estimate of drug-likeness (QED) is 0.641. The minimum absolute atomic E-state index is 0.121. The van der Waals surface area contributed by atoms with Gasteiger partial charge in [0.25, 0.3) is 0 Å². The highest BCUT2D eigenvalue weighted by Crippen LogP contribution is 2.14. The van der Waals surface area contributed by atoms with Gasteiger partial charge >= 0.3 is 6.03 Å². The Hall–Kier alpha value is -2.08. The first-order valence-corrected chi connectivity index (χ1v) is 5.66. The Morgan fingerprint density at radius 2 is 1.67 bits per heavy atom. The van der Waals surface area contributed by atoms with Gasteiger partial charge in [-0.15, -0.1) is 0 Å². The standard InChI is InChI=1S/C12H18N4O2/c1-8(7-13)11(17)15-9-3-5-10(6-4-9)16-12(18)14-2/h3-6,8H,7,13H2,1-2H3,(H,15,17)(H2,14,16,18). The number of hydrogen-bond acceptors (Lipinski definition) is 3. The summed E-state index contributed by atoms with van der Waals surface area (Å²) in [7, 11) is 1.54. The van der Waals surface area contributed by atoms with Gasteiger partial charge in [-0.25, -0.2) is 4.79 Å². The molecule has 3 amide bonds. The van der Waals surface area contributed by atoms with E-state index in [4.69, 9.17) is 5.73 Å². The molecule has 0 radical (unpaired) electrons. The molecule has 0 aromatic heterocycles. The van der Waals surface area contributed by atoms with Crippen molar-refractivity contribution in [1.82, 2.24) is 5.32 Å². The summed E-state index contributed by atoms with van der Waals surface area (Å²) in [6.45, 7) is 2.07. The third kappa shape index (κ3) is 4.06. The zero-order valence-electron chi connectivity index (χ0n) is 10.5. The maximum Gasteiger partial charge on any atom is 0.318 e. The maximum atomic E-state index is 11.6. The zero-order chi connectivity index (χ0) is 13.5. The number of hydrogen-bond donors (Lipinski definition) is 4. The van der Waals surface area contributed by atoms with Crippen molar-refractivity contribution in [3.8, 4) is 0 Å². The summed E-state index contributed by atoms with van der Waals surface area (Å²) >= 11 is 0. The summed E-state index contributed by atoms with van der Waals surface area (Å²) in [6, 6.07) is 6.55. The van der Waals surface area contributed by atoms with Crippen molar-refractivity contribution >= 4 is 23.3 Å². The van der Waals surface area contributed by atoms with Gasteiger partial charge in [0.2, 0.25) is 5.91 Å². The van der Waals surface area contributed by atoms with E-state index in [1.54, 1.807) is 31.2 Å². The molecule has 0 fully saturated rings. The van der Waals surface area contributed by atoms with Crippen LogP contribution < -0.4 is 21.7 Å². The Kier molecular flexibility index (Phi) is 5.13. The monoisotopic (exact) mass is 250 g/mol. The van der Waals surface area contributed by atoms with Gasteiger partial charge in [0, 0.05) is 30.9 Å². The first kappa shape index (κ1) is 14.0. The topological polar surface area (TPSA) is 96.2 Å². The Morgan fingerprint density at radius 3 is 2.11 bits per heavy atom. The van der Waals surface area contributed by atoms with E-state index in [1.165, 1.54) is 7.05 Å². The second-order valence-corrected chi connectivity index (χ2v) is 3.91. The number of anilines is 2. The second kappa shape index (κ2) is 6.61. The van der Waals surface area contributed by atoms with Crippen LogP contribution in [-0.2, 0) is 4.79 Å². The molecule has 1 aromatic rings. The van der Waals surface area contributed by atoms with Crippen molar-refractivity contribution in [2.75, 3.05) is 24.2 Å². The summed E-state index contributed by atoms with van der Waals surface area (Å²) < 4.78 is 0. The van der Waals surface area contributed by atoms with Crippen LogP contribution in [0.2, 0.25) is 0 Å². The summed E-state index contributed by atoms with van der Waals surface area (Å²) in [6.07, 6.45) is 0. The van der Waals surface area contributed by atoms with E-state index in [0.717, 1.165) is 0 Å². The molecule has 6 heteroatoms. The average Bonchev–Trinajstić information content (AvgIpc) is 2.39. The van der Waals surface area contributed by atoms with Gasteiger partial charge in [0.15, 0.2) is 0 Å².